The Morgan fingerprint density at radius 1 is 1.04 bits per heavy atom. The number of methoxy groups -OCH3 is 1. The highest BCUT2D eigenvalue weighted by atomic mass is 19.4. The first-order chi connectivity index (χ1) is 13.3. The summed E-state index contributed by atoms with van der Waals surface area (Å²) in [6.45, 7) is 0. The molecule has 0 aliphatic carbocycles. The van der Waals surface area contributed by atoms with E-state index in [0.717, 1.165) is 12.1 Å². The van der Waals surface area contributed by atoms with Gasteiger partial charge in [0.2, 0.25) is 0 Å². The molecule has 1 amide bonds. The normalized spacial score (nSPS) is 11.2. The molecule has 0 unspecified atom stereocenters. The van der Waals surface area contributed by atoms with Crippen LogP contribution in [0.2, 0.25) is 0 Å². The first-order valence-electron chi connectivity index (χ1n) is 8.06. The Labute approximate surface area is 157 Å². The maximum Gasteiger partial charge on any atom is 0.416 e. The molecule has 0 aliphatic heterocycles. The molecule has 0 saturated carbocycles. The Kier molecular flexibility index (Phi) is 5.30. The minimum absolute atomic E-state index is 0.194. The van der Waals surface area contributed by atoms with E-state index in [1.807, 2.05) is 0 Å². The molecule has 4 nitrogen and oxygen atoms in total. The molecule has 8 heteroatoms. The van der Waals surface area contributed by atoms with Gasteiger partial charge in [-0.05, 0) is 54.6 Å². The Balaban J connectivity index is 1.76. The molecule has 1 heterocycles. The molecule has 0 aliphatic rings. The van der Waals surface area contributed by atoms with Gasteiger partial charge >= 0.3 is 6.18 Å². The van der Waals surface area contributed by atoms with Crippen LogP contribution in [0.1, 0.15) is 15.9 Å². The van der Waals surface area contributed by atoms with Crippen LogP contribution in [-0.4, -0.2) is 18.0 Å². The summed E-state index contributed by atoms with van der Waals surface area (Å²) in [5.74, 6) is -0.567. The van der Waals surface area contributed by atoms with E-state index in [9.17, 15) is 22.4 Å². The topological polar surface area (TPSA) is 51.2 Å². The van der Waals surface area contributed by atoms with Crippen molar-refractivity contribution in [3.8, 4) is 17.0 Å². The molecular weight excluding hydrogens is 376 g/mol. The van der Waals surface area contributed by atoms with Crippen molar-refractivity contribution in [3.63, 3.8) is 0 Å². The molecule has 28 heavy (non-hydrogen) atoms. The molecule has 144 valence electrons. The number of carbonyl (C=O) groups excluding carboxylic acids is 1. The number of hydrogen-bond donors (Lipinski definition) is 1. The number of amides is 1. The fraction of sp³-hybridized carbons (Fsp3) is 0.100. The van der Waals surface area contributed by atoms with Gasteiger partial charge in [0.05, 0.1) is 23.9 Å². The van der Waals surface area contributed by atoms with Crippen LogP contribution in [0.4, 0.5) is 23.2 Å². The third-order valence-corrected chi connectivity index (χ3v) is 3.93. The van der Waals surface area contributed by atoms with Crippen molar-refractivity contribution in [1.82, 2.24) is 4.98 Å². The van der Waals surface area contributed by atoms with Gasteiger partial charge < -0.3 is 10.1 Å². The SMILES string of the molecule is COc1ccc(F)cc1-c1ccc(C(=O)Nc2ccc(C(F)(F)F)cc2)cn1. The first kappa shape index (κ1) is 19.3. The van der Waals surface area contributed by atoms with Crippen LogP contribution in [0.15, 0.2) is 60.8 Å². The lowest BCUT2D eigenvalue weighted by Gasteiger charge is -2.10. The maximum absolute atomic E-state index is 13.5. The van der Waals surface area contributed by atoms with Gasteiger partial charge in [0.1, 0.15) is 11.6 Å². The van der Waals surface area contributed by atoms with Crippen molar-refractivity contribution in [2.24, 2.45) is 0 Å². The van der Waals surface area contributed by atoms with E-state index >= 15 is 0 Å². The van der Waals surface area contributed by atoms with Crippen LogP contribution in [0.5, 0.6) is 5.75 Å². The second-order valence-corrected chi connectivity index (χ2v) is 5.81. The molecule has 0 saturated heterocycles. The Bertz CT molecular complexity index is 985. The fourth-order valence-electron chi connectivity index (χ4n) is 2.51. The molecule has 0 atom stereocenters. The first-order valence-corrected chi connectivity index (χ1v) is 8.06. The van der Waals surface area contributed by atoms with Gasteiger partial charge in [-0.25, -0.2) is 4.39 Å². The van der Waals surface area contributed by atoms with E-state index in [1.165, 1.54) is 55.8 Å². The highest BCUT2D eigenvalue weighted by Crippen LogP contribution is 2.30. The minimum atomic E-state index is -4.44. The average Bonchev–Trinajstić information content (AvgIpc) is 2.68. The second-order valence-electron chi connectivity index (χ2n) is 5.81. The van der Waals surface area contributed by atoms with Crippen molar-refractivity contribution >= 4 is 11.6 Å². The van der Waals surface area contributed by atoms with E-state index in [4.69, 9.17) is 4.74 Å². The number of ether oxygens (including phenoxy) is 1. The lowest BCUT2D eigenvalue weighted by atomic mass is 10.1. The summed E-state index contributed by atoms with van der Waals surface area (Å²) >= 11 is 0. The number of hydrogen-bond acceptors (Lipinski definition) is 3. The summed E-state index contributed by atoms with van der Waals surface area (Å²) in [7, 11) is 1.45. The molecule has 3 aromatic rings. The summed E-state index contributed by atoms with van der Waals surface area (Å²) in [6.07, 6.45) is -3.15. The number of pyridine rings is 1. The highest BCUT2D eigenvalue weighted by molar-refractivity contribution is 6.04. The smallest absolute Gasteiger partial charge is 0.416 e. The van der Waals surface area contributed by atoms with Crippen molar-refractivity contribution < 1.29 is 27.1 Å². The van der Waals surface area contributed by atoms with Gasteiger partial charge in [-0.1, -0.05) is 0 Å². The number of rotatable bonds is 4. The van der Waals surface area contributed by atoms with E-state index in [1.54, 1.807) is 0 Å². The van der Waals surface area contributed by atoms with E-state index in [0.29, 0.717) is 17.0 Å². The lowest BCUT2D eigenvalue weighted by molar-refractivity contribution is -0.137. The zero-order chi connectivity index (χ0) is 20.3. The summed E-state index contributed by atoms with van der Waals surface area (Å²) < 4.78 is 56.4. The van der Waals surface area contributed by atoms with Crippen LogP contribution in [0, 0.1) is 5.82 Å². The number of anilines is 1. The standard InChI is InChI=1S/C20H14F4N2O2/c1-28-18-9-5-14(21)10-16(18)17-8-2-12(11-25-17)19(27)26-15-6-3-13(4-7-15)20(22,23)24/h2-11H,1H3,(H,26,27). The van der Waals surface area contributed by atoms with Crippen LogP contribution >= 0.6 is 0 Å². The average molecular weight is 390 g/mol. The van der Waals surface area contributed by atoms with Gasteiger partial charge in [0, 0.05) is 17.4 Å². The molecular formula is C20H14F4N2O2. The van der Waals surface area contributed by atoms with Gasteiger partial charge in [-0.2, -0.15) is 13.2 Å². The van der Waals surface area contributed by atoms with Crippen LogP contribution in [-0.2, 0) is 6.18 Å². The number of alkyl halides is 3. The summed E-state index contributed by atoms with van der Waals surface area (Å²) in [5.41, 5.74) is 0.438. The number of halogens is 4. The molecule has 3 rings (SSSR count). The van der Waals surface area contributed by atoms with Gasteiger partial charge in [-0.15, -0.1) is 0 Å². The van der Waals surface area contributed by atoms with Gasteiger partial charge in [0.25, 0.3) is 5.91 Å². The fourth-order valence-corrected chi connectivity index (χ4v) is 2.51. The molecule has 0 bridgehead atoms. The van der Waals surface area contributed by atoms with E-state index in [2.05, 4.69) is 10.3 Å². The van der Waals surface area contributed by atoms with Crippen LogP contribution < -0.4 is 10.1 Å². The minimum Gasteiger partial charge on any atom is -0.496 e. The predicted octanol–water partition coefficient (Wildman–Crippen LogP) is 5.17. The third-order valence-electron chi connectivity index (χ3n) is 3.93. The summed E-state index contributed by atoms with van der Waals surface area (Å²) in [4.78, 5) is 16.4. The lowest BCUT2D eigenvalue weighted by Crippen LogP contribution is -2.12. The zero-order valence-corrected chi connectivity index (χ0v) is 14.5. The number of nitrogens with zero attached hydrogens (tertiary/aromatic N) is 1. The molecule has 0 spiro atoms. The van der Waals surface area contributed by atoms with Crippen molar-refractivity contribution in [1.29, 1.82) is 0 Å². The quantitative estimate of drug-likeness (QED) is 0.626. The van der Waals surface area contributed by atoms with E-state index in [-0.39, 0.29) is 11.3 Å². The van der Waals surface area contributed by atoms with E-state index < -0.39 is 23.5 Å². The van der Waals surface area contributed by atoms with Crippen molar-refractivity contribution in [2.45, 2.75) is 6.18 Å². The highest BCUT2D eigenvalue weighted by Gasteiger charge is 2.30. The summed E-state index contributed by atoms with van der Waals surface area (Å²) in [6, 6.07) is 11.1. The number of nitrogens with one attached hydrogen (secondary N) is 1. The van der Waals surface area contributed by atoms with Gasteiger partial charge in [-0.3, -0.25) is 9.78 Å². The number of carbonyl (C=O) groups is 1. The number of aromatic nitrogens is 1. The molecule has 1 N–H and O–H groups in total. The number of benzene rings is 2. The van der Waals surface area contributed by atoms with Crippen LogP contribution in [0.3, 0.4) is 0 Å². The second kappa shape index (κ2) is 7.67. The summed E-state index contributed by atoms with van der Waals surface area (Å²) in [5, 5.41) is 2.50. The molecule has 0 fully saturated rings. The van der Waals surface area contributed by atoms with Crippen molar-refractivity contribution in [2.75, 3.05) is 12.4 Å². The monoisotopic (exact) mass is 390 g/mol. The maximum atomic E-state index is 13.5. The van der Waals surface area contributed by atoms with Crippen LogP contribution in [0.25, 0.3) is 11.3 Å². The molecule has 0 radical (unpaired) electrons. The van der Waals surface area contributed by atoms with Gasteiger partial charge in [0.15, 0.2) is 0 Å². The predicted molar refractivity (Wildman–Crippen MR) is 95.6 cm³/mol. The third kappa shape index (κ3) is 4.28. The Hall–Kier alpha value is -3.42. The molecule has 2 aromatic carbocycles. The largest absolute Gasteiger partial charge is 0.496 e. The van der Waals surface area contributed by atoms with Crippen molar-refractivity contribution in [3.05, 3.63) is 77.7 Å². The Morgan fingerprint density at radius 2 is 1.75 bits per heavy atom. The molecule has 1 aromatic heterocycles. The zero-order valence-electron chi connectivity index (χ0n) is 14.5. The Morgan fingerprint density at radius 3 is 2.32 bits per heavy atom.